The van der Waals surface area contributed by atoms with E-state index in [0.29, 0.717) is 5.69 Å². The Morgan fingerprint density at radius 1 is 1.45 bits per heavy atom. The summed E-state index contributed by atoms with van der Waals surface area (Å²) in [5.74, 6) is -1.20. The van der Waals surface area contributed by atoms with E-state index >= 15 is 0 Å². The molecule has 0 aliphatic heterocycles. The number of anilines is 1. The van der Waals surface area contributed by atoms with Crippen molar-refractivity contribution in [1.29, 1.82) is 0 Å². The molecule has 0 aliphatic carbocycles. The van der Waals surface area contributed by atoms with Crippen LogP contribution in [0.1, 0.15) is 16.1 Å². The summed E-state index contributed by atoms with van der Waals surface area (Å²) in [6.07, 6.45) is 0. The van der Waals surface area contributed by atoms with Crippen molar-refractivity contribution in [3.05, 3.63) is 39.3 Å². The van der Waals surface area contributed by atoms with Gasteiger partial charge in [0.2, 0.25) is 0 Å². The minimum Gasteiger partial charge on any atom is -0.478 e. The van der Waals surface area contributed by atoms with E-state index in [0.717, 1.165) is 17.4 Å². The molecular weight excluding hydrogens is 368 g/mol. The highest BCUT2D eigenvalue weighted by molar-refractivity contribution is 9.10. The van der Waals surface area contributed by atoms with Crippen molar-refractivity contribution in [2.75, 3.05) is 4.72 Å². The molecule has 0 radical (unpaired) electrons. The number of rotatable bonds is 4. The third-order valence-corrected chi connectivity index (χ3v) is 5.65. The van der Waals surface area contributed by atoms with Gasteiger partial charge in [0.25, 0.3) is 10.0 Å². The summed E-state index contributed by atoms with van der Waals surface area (Å²) in [6.45, 7) is 1.75. The predicted octanol–water partition coefficient (Wildman–Crippen LogP) is 2.71. The number of halogens is 1. The van der Waals surface area contributed by atoms with Crippen LogP contribution in [0, 0.1) is 6.92 Å². The molecule has 2 N–H and O–H groups in total. The van der Waals surface area contributed by atoms with Crippen LogP contribution in [0.2, 0.25) is 0 Å². The van der Waals surface area contributed by atoms with Gasteiger partial charge in [0, 0.05) is 9.85 Å². The quantitative estimate of drug-likeness (QED) is 0.854. The summed E-state index contributed by atoms with van der Waals surface area (Å²) in [7, 11) is -3.90. The molecule has 2 rings (SSSR count). The van der Waals surface area contributed by atoms with Gasteiger partial charge in [-0.05, 0) is 41.1 Å². The van der Waals surface area contributed by atoms with Crippen LogP contribution in [0.15, 0.2) is 32.9 Å². The Labute approximate surface area is 127 Å². The van der Waals surface area contributed by atoms with Gasteiger partial charge in [-0.1, -0.05) is 0 Å². The van der Waals surface area contributed by atoms with E-state index in [2.05, 4.69) is 25.6 Å². The van der Waals surface area contributed by atoms with Gasteiger partial charge >= 0.3 is 5.97 Å². The number of aryl methyl sites for hydroxylation is 1. The third-order valence-electron chi connectivity index (χ3n) is 2.31. The Morgan fingerprint density at radius 3 is 2.70 bits per heavy atom. The molecule has 0 saturated heterocycles. The van der Waals surface area contributed by atoms with Crippen molar-refractivity contribution in [2.24, 2.45) is 0 Å². The first-order valence-electron chi connectivity index (χ1n) is 5.27. The van der Waals surface area contributed by atoms with E-state index in [-0.39, 0.29) is 20.1 Å². The second kappa shape index (κ2) is 5.51. The van der Waals surface area contributed by atoms with Crippen molar-refractivity contribution in [1.82, 2.24) is 4.98 Å². The van der Waals surface area contributed by atoms with Gasteiger partial charge in [-0.15, -0.1) is 11.3 Å². The number of hydrogen-bond donors (Lipinski definition) is 2. The first-order valence-corrected chi connectivity index (χ1v) is 8.43. The molecule has 9 heteroatoms. The maximum atomic E-state index is 12.2. The molecule has 0 bridgehead atoms. The van der Waals surface area contributed by atoms with E-state index in [4.69, 9.17) is 5.11 Å². The Kier molecular flexibility index (Phi) is 4.11. The number of aromatic carboxylic acids is 1. The zero-order valence-electron chi connectivity index (χ0n) is 10.1. The SMILES string of the molecule is Cc1csc(NS(=O)(=O)c2cc(C(=O)O)ccc2Br)n1. The van der Waals surface area contributed by atoms with Gasteiger partial charge < -0.3 is 5.11 Å². The maximum Gasteiger partial charge on any atom is 0.335 e. The first kappa shape index (κ1) is 14.9. The molecule has 6 nitrogen and oxygen atoms in total. The highest BCUT2D eigenvalue weighted by Gasteiger charge is 2.21. The van der Waals surface area contributed by atoms with Crippen LogP contribution >= 0.6 is 27.3 Å². The molecule has 0 atom stereocenters. The van der Waals surface area contributed by atoms with E-state index in [1.165, 1.54) is 12.1 Å². The zero-order chi connectivity index (χ0) is 14.9. The van der Waals surface area contributed by atoms with E-state index in [1.807, 2.05) is 0 Å². The number of carboxylic acids is 1. The number of nitrogens with zero attached hydrogens (tertiary/aromatic N) is 1. The average molecular weight is 377 g/mol. The second-order valence-corrected chi connectivity index (χ2v) is 7.21. The molecule has 1 aromatic heterocycles. The number of thiazole rings is 1. The summed E-state index contributed by atoms with van der Waals surface area (Å²) >= 11 is 4.26. The standard InChI is InChI=1S/C11H9BrN2O4S2/c1-6-5-19-11(13-6)14-20(17,18)9-4-7(10(15)16)2-3-8(9)12/h2-5H,1H3,(H,13,14)(H,15,16). The van der Waals surface area contributed by atoms with Crippen molar-refractivity contribution in [2.45, 2.75) is 11.8 Å². The first-order chi connectivity index (χ1) is 9.29. The molecule has 0 fully saturated rings. The van der Waals surface area contributed by atoms with Crippen LogP contribution < -0.4 is 4.72 Å². The van der Waals surface area contributed by atoms with Crippen molar-refractivity contribution >= 4 is 48.4 Å². The number of nitrogens with one attached hydrogen (secondary N) is 1. The highest BCUT2D eigenvalue weighted by Crippen LogP contribution is 2.26. The van der Waals surface area contributed by atoms with Crippen LogP contribution in [-0.4, -0.2) is 24.5 Å². The van der Waals surface area contributed by atoms with Gasteiger partial charge in [-0.25, -0.2) is 18.2 Å². The normalized spacial score (nSPS) is 11.3. The van der Waals surface area contributed by atoms with Gasteiger partial charge in [-0.3, -0.25) is 4.72 Å². The highest BCUT2D eigenvalue weighted by atomic mass is 79.9. The fraction of sp³-hybridized carbons (Fsp3) is 0.0909. The fourth-order valence-electron chi connectivity index (χ4n) is 1.41. The maximum absolute atomic E-state index is 12.2. The van der Waals surface area contributed by atoms with Crippen LogP contribution in [-0.2, 0) is 10.0 Å². The topological polar surface area (TPSA) is 96.4 Å². The molecule has 0 amide bonds. The number of aromatic nitrogens is 1. The van der Waals surface area contributed by atoms with Gasteiger partial charge in [0.15, 0.2) is 5.13 Å². The molecule has 0 spiro atoms. The van der Waals surface area contributed by atoms with E-state index in [1.54, 1.807) is 12.3 Å². The fourth-order valence-corrected chi connectivity index (χ4v) is 4.34. The number of benzene rings is 1. The molecule has 0 unspecified atom stereocenters. The van der Waals surface area contributed by atoms with E-state index < -0.39 is 16.0 Å². The monoisotopic (exact) mass is 376 g/mol. The van der Waals surface area contributed by atoms with Crippen LogP contribution in [0.5, 0.6) is 0 Å². The molecule has 1 aromatic carbocycles. The average Bonchev–Trinajstić information content (AvgIpc) is 2.73. The van der Waals surface area contributed by atoms with Crippen molar-refractivity contribution in [3.8, 4) is 0 Å². The lowest BCUT2D eigenvalue weighted by atomic mass is 10.2. The summed E-state index contributed by atoms with van der Waals surface area (Å²) in [4.78, 5) is 14.8. The summed E-state index contributed by atoms with van der Waals surface area (Å²) < 4.78 is 27.1. The lowest BCUT2D eigenvalue weighted by Gasteiger charge is -2.08. The Morgan fingerprint density at radius 2 is 2.15 bits per heavy atom. The number of carbonyl (C=O) groups is 1. The Balaban J connectivity index is 2.43. The minimum atomic E-state index is -3.90. The Hall–Kier alpha value is -1.45. The molecule has 2 aromatic rings. The summed E-state index contributed by atoms with van der Waals surface area (Å²) in [5.41, 5.74) is 0.593. The molecule has 1 heterocycles. The molecule has 0 saturated carbocycles. The number of carboxylic acid groups (broad SMARTS) is 1. The number of sulfonamides is 1. The van der Waals surface area contributed by atoms with Crippen LogP contribution in [0.3, 0.4) is 0 Å². The smallest absolute Gasteiger partial charge is 0.335 e. The molecular formula is C11H9BrN2O4S2. The minimum absolute atomic E-state index is 0.108. The van der Waals surface area contributed by atoms with Crippen LogP contribution in [0.4, 0.5) is 5.13 Å². The summed E-state index contributed by atoms with van der Waals surface area (Å²) in [5, 5.41) is 10.9. The number of hydrogen-bond acceptors (Lipinski definition) is 5. The lowest BCUT2D eigenvalue weighted by Crippen LogP contribution is -2.14. The van der Waals surface area contributed by atoms with E-state index in [9.17, 15) is 13.2 Å². The third kappa shape index (κ3) is 3.17. The van der Waals surface area contributed by atoms with Crippen molar-refractivity contribution < 1.29 is 18.3 Å². The van der Waals surface area contributed by atoms with Gasteiger partial charge in [0.1, 0.15) is 4.90 Å². The molecule has 0 aliphatic rings. The largest absolute Gasteiger partial charge is 0.478 e. The zero-order valence-corrected chi connectivity index (χ0v) is 13.3. The molecule has 106 valence electrons. The summed E-state index contributed by atoms with van der Waals surface area (Å²) in [6, 6.07) is 3.79. The van der Waals surface area contributed by atoms with Gasteiger partial charge in [0.05, 0.1) is 11.3 Å². The van der Waals surface area contributed by atoms with Crippen molar-refractivity contribution in [3.63, 3.8) is 0 Å². The lowest BCUT2D eigenvalue weighted by molar-refractivity contribution is 0.0696. The Bertz CT molecular complexity index is 770. The van der Waals surface area contributed by atoms with Gasteiger partial charge in [-0.2, -0.15) is 0 Å². The molecule has 20 heavy (non-hydrogen) atoms. The second-order valence-electron chi connectivity index (χ2n) is 3.85. The predicted molar refractivity (Wildman–Crippen MR) is 78.8 cm³/mol. The van der Waals surface area contributed by atoms with Crippen LogP contribution in [0.25, 0.3) is 0 Å².